The second-order valence-corrected chi connectivity index (χ2v) is 6.66. The van der Waals surface area contributed by atoms with Crippen LogP contribution in [0.3, 0.4) is 0 Å². The molecule has 0 atom stereocenters. The van der Waals surface area contributed by atoms with Crippen LogP contribution in [0.25, 0.3) is 0 Å². The molecule has 0 unspecified atom stereocenters. The van der Waals surface area contributed by atoms with Gasteiger partial charge in [0.15, 0.2) is 5.96 Å². The lowest BCUT2D eigenvalue weighted by molar-refractivity contribution is -0.0667. The summed E-state index contributed by atoms with van der Waals surface area (Å²) < 4.78 is 0. The summed E-state index contributed by atoms with van der Waals surface area (Å²) in [5.41, 5.74) is 0.532. The Morgan fingerprint density at radius 3 is 2.28 bits per heavy atom. The molecule has 4 nitrogen and oxygen atoms in total. The molecular weight excluding hydrogens is 224 g/mol. The lowest BCUT2D eigenvalue weighted by atomic mass is 9.65. The fraction of sp³-hybridized carbons (Fsp3) is 0.929. The zero-order valence-corrected chi connectivity index (χ0v) is 13.2. The third-order valence-corrected chi connectivity index (χ3v) is 4.42. The summed E-state index contributed by atoms with van der Waals surface area (Å²) in [5.74, 6) is 1.04. The fourth-order valence-electron chi connectivity index (χ4n) is 2.29. The van der Waals surface area contributed by atoms with Crippen molar-refractivity contribution >= 4 is 5.96 Å². The van der Waals surface area contributed by atoms with Gasteiger partial charge in [-0.2, -0.15) is 0 Å². The average molecular weight is 254 g/mol. The van der Waals surface area contributed by atoms with Crippen LogP contribution in [0.4, 0.5) is 0 Å². The Kier molecular flexibility index (Phi) is 4.65. The van der Waals surface area contributed by atoms with Crippen molar-refractivity contribution in [1.82, 2.24) is 15.1 Å². The van der Waals surface area contributed by atoms with Gasteiger partial charge in [-0.3, -0.25) is 4.99 Å². The van der Waals surface area contributed by atoms with Gasteiger partial charge in [0.2, 0.25) is 0 Å². The SMILES string of the molecule is CN=C(NCCCN(C)C)N1CC(C)(C)C1(C)C. The Hall–Kier alpha value is -0.770. The zero-order valence-electron chi connectivity index (χ0n) is 13.2. The molecule has 0 aromatic heterocycles. The van der Waals surface area contributed by atoms with Gasteiger partial charge in [0, 0.05) is 31.1 Å². The largest absolute Gasteiger partial charge is 0.356 e. The summed E-state index contributed by atoms with van der Waals surface area (Å²) in [4.78, 5) is 8.99. The first kappa shape index (κ1) is 15.3. The van der Waals surface area contributed by atoms with Crippen LogP contribution in [0.1, 0.15) is 34.1 Å². The minimum absolute atomic E-state index is 0.177. The van der Waals surface area contributed by atoms with Crippen molar-refractivity contribution in [3.8, 4) is 0 Å². The van der Waals surface area contributed by atoms with E-state index in [2.05, 4.69) is 61.9 Å². The fourth-order valence-corrected chi connectivity index (χ4v) is 2.29. The summed E-state index contributed by atoms with van der Waals surface area (Å²) in [6.07, 6.45) is 1.14. The third-order valence-electron chi connectivity index (χ3n) is 4.42. The van der Waals surface area contributed by atoms with Crippen molar-refractivity contribution in [2.45, 2.75) is 39.7 Å². The van der Waals surface area contributed by atoms with Crippen LogP contribution in [0.5, 0.6) is 0 Å². The summed E-state index contributed by atoms with van der Waals surface area (Å²) in [5, 5.41) is 3.47. The van der Waals surface area contributed by atoms with Gasteiger partial charge in [0.1, 0.15) is 0 Å². The standard InChI is InChI=1S/C14H30N4/c1-13(2)11-18(14(13,3)4)12(15-5)16-9-8-10-17(6)7/h8-11H2,1-7H3,(H,15,16). The Morgan fingerprint density at radius 2 is 1.89 bits per heavy atom. The van der Waals surface area contributed by atoms with E-state index in [0.29, 0.717) is 5.41 Å². The molecule has 0 aliphatic carbocycles. The molecule has 106 valence electrons. The van der Waals surface area contributed by atoms with Crippen molar-refractivity contribution in [1.29, 1.82) is 0 Å². The summed E-state index contributed by atoms with van der Waals surface area (Å²) >= 11 is 0. The van der Waals surface area contributed by atoms with Crippen LogP contribution < -0.4 is 5.32 Å². The molecule has 0 radical (unpaired) electrons. The molecule has 1 rings (SSSR count). The lowest BCUT2D eigenvalue weighted by Crippen LogP contribution is -2.72. The van der Waals surface area contributed by atoms with Crippen LogP contribution in [0.2, 0.25) is 0 Å². The second-order valence-electron chi connectivity index (χ2n) is 6.66. The molecule has 18 heavy (non-hydrogen) atoms. The summed E-state index contributed by atoms with van der Waals surface area (Å²) in [6.45, 7) is 12.4. The Bertz CT molecular complexity index is 305. The molecule has 0 aromatic rings. The number of likely N-dealkylation sites (tertiary alicyclic amines) is 1. The van der Waals surface area contributed by atoms with Gasteiger partial charge in [-0.05, 0) is 40.9 Å². The first-order valence-electron chi connectivity index (χ1n) is 6.85. The average Bonchev–Trinajstić information content (AvgIpc) is 2.26. The monoisotopic (exact) mass is 254 g/mol. The third kappa shape index (κ3) is 2.97. The normalized spacial score (nSPS) is 22.0. The van der Waals surface area contributed by atoms with E-state index >= 15 is 0 Å². The minimum Gasteiger partial charge on any atom is -0.356 e. The van der Waals surface area contributed by atoms with Gasteiger partial charge in [-0.25, -0.2) is 0 Å². The summed E-state index contributed by atoms with van der Waals surface area (Å²) in [7, 11) is 6.08. The van der Waals surface area contributed by atoms with E-state index in [9.17, 15) is 0 Å². The van der Waals surface area contributed by atoms with Gasteiger partial charge >= 0.3 is 0 Å². The number of hydrogen-bond acceptors (Lipinski definition) is 2. The highest BCUT2D eigenvalue weighted by molar-refractivity contribution is 5.81. The van der Waals surface area contributed by atoms with Crippen LogP contribution in [-0.2, 0) is 0 Å². The molecule has 1 fully saturated rings. The number of nitrogens with one attached hydrogen (secondary N) is 1. The molecule has 0 spiro atoms. The van der Waals surface area contributed by atoms with E-state index in [1.807, 2.05) is 7.05 Å². The highest BCUT2D eigenvalue weighted by Gasteiger charge is 2.53. The minimum atomic E-state index is 0.177. The molecular formula is C14H30N4. The summed E-state index contributed by atoms with van der Waals surface area (Å²) in [6, 6.07) is 0. The molecule has 0 aromatic carbocycles. The molecule has 1 heterocycles. The Labute approximate surface area is 112 Å². The van der Waals surface area contributed by atoms with E-state index in [1.54, 1.807) is 0 Å². The van der Waals surface area contributed by atoms with Crippen LogP contribution >= 0.6 is 0 Å². The molecule has 4 heteroatoms. The quantitative estimate of drug-likeness (QED) is 0.470. The van der Waals surface area contributed by atoms with Crippen molar-refractivity contribution in [2.24, 2.45) is 10.4 Å². The number of guanidine groups is 1. The number of nitrogens with zero attached hydrogens (tertiary/aromatic N) is 3. The van der Waals surface area contributed by atoms with Crippen molar-refractivity contribution in [2.75, 3.05) is 40.8 Å². The smallest absolute Gasteiger partial charge is 0.194 e. The second kappa shape index (κ2) is 5.47. The maximum absolute atomic E-state index is 4.41. The molecule has 1 aliphatic rings. The van der Waals surface area contributed by atoms with E-state index < -0.39 is 0 Å². The van der Waals surface area contributed by atoms with E-state index in [1.165, 1.54) is 0 Å². The molecule has 0 amide bonds. The molecule has 1 saturated heterocycles. The maximum atomic E-state index is 4.41. The Balaban J connectivity index is 2.45. The van der Waals surface area contributed by atoms with Gasteiger partial charge in [-0.1, -0.05) is 13.8 Å². The van der Waals surface area contributed by atoms with Crippen molar-refractivity contribution in [3.63, 3.8) is 0 Å². The van der Waals surface area contributed by atoms with E-state index in [-0.39, 0.29) is 5.54 Å². The van der Waals surface area contributed by atoms with Crippen LogP contribution in [0.15, 0.2) is 4.99 Å². The molecule has 1 aliphatic heterocycles. The highest BCUT2D eigenvalue weighted by atomic mass is 15.4. The first-order chi connectivity index (χ1) is 8.22. The van der Waals surface area contributed by atoms with Gasteiger partial charge < -0.3 is 15.1 Å². The van der Waals surface area contributed by atoms with Gasteiger partial charge in [0.25, 0.3) is 0 Å². The van der Waals surface area contributed by atoms with Crippen molar-refractivity contribution in [3.05, 3.63) is 0 Å². The zero-order chi connectivity index (χ0) is 14.0. The van der Waals surface area contributed by atoms with Crippen LogP contribution in [0, 0.1) is 5.41 Å². The van der Waals surface area contributed by atoms with E-state index in [4.69, 9.17) is 0 Å². The van der Waals surface area contributed by atoms with Crippen LogP contribution in [-0.4, -0.2) is 62.1 Å². The highest BCUT2D eigenvalue weighted by Crippen LogP contribution is 2.46. The topological polar surface area (TPSA) is 30.9 Å². The van der Waals surface area contributed by atoms with Gasteiger partial charge in [-0.15, -0.1) is 0 Å². The molecule has 0 saturated carbocycles. The number of hydrogen-bond donors (Lipinski definition) is 1. The lowest BCUT2D eigenvalue weighted by Gasteiger charge is -2.62. The molecule has 1 N–H and O–H groups in total. The predicted molar refractivity (Wildman–Crippen MR) is 79.1 cm³/mol. The molecule has 0 bridgehead atoms. The first-order valence-corrected chi connectivity index (χ1v) is 6.85. The maximum Gasteiger partial charge on any atom is 0.194 e. The predicted octanol–water partition coefficient (Wildman–Crippen LogP) is 1.63. The Morgan fingerprint density at radius 1 is 1.28 bits per heavy atom. The van der Waals surface area contributed by atoms with Gasteiger partial charge in [0.05, 0.1) is 0 Å². The number of rotatable bonds is 4. The van der Waals surface area contributed by atoms with Crippen molar-refractivity contribution < 1.29 is 0 Å². The van der Waals surface area contributed by atoms with E-state index in [0.717, 1.165) is 32.0 Å². The number of aliphatic imine (C=N–C) groups is 1.